The Labute approximate surface area is 112 Å². The van der Waals surface area contributed by atoms with Gasteiger partial charge in [0, 0.05) is 13.0 Å². The zero-order chi connectivity index (χ0) is 13.5. The standard InChI is InChI=1S/C14H19N3O2/c1-2-7-15-8-6-13-16-17-14(19-13)10-11-4-3-5-12(18)9-11/h3-5,9,15,18H,2,6-8,10H2,1H3. The van der Waals surface area contributed by atoms with Gasteiger partial charge in [-0.3, -0.25) is 0 Å². The van der Waals surface area contributed by atoms with Crippen molar-refractivity contribution in [3.05, 3.63) is 41.6 Å². The van der Waals surface area contributed by atoms with Crippen LogP contribution in [0.3, 0.4) is 0 Å². The number of phenolic OH excluding ortho intramolecular Hbond substituents is 1. The molecule has 0 unspecified atom stereocenters. The highest BCUT2D eigenvalue weighted by atomic mass is 16.4. The highest BCUT2D eigenvalue weighted by molar-refractivity contribution is 5.28. The van der Waals surface area contributed by atoms with Gasteiger partial charge in [-0.2, -0.15) is 0 Å². The van der Waals surface area contributed by atoms with Crippen LogP contribution in [0.4, 0.5) is 0 Å². The van der Waals surface area contributed by atoms with Crippen molar-refractivity contribution in [2.75, 3.05) is 13.1 Å². The molecular formula is C14H19N3O2. The summed E-state index contributed by atoms with van der Waals surface area (Å²) in [4.78, 5) is 0. The van der Waals surface area contributed by atoms with E-state index in [0.29, 0.717) is 18.2 Å². The Balaban J connectivity index is 1.87. The number of hydrogen-bond donors (Lipinski definition) is 2. The molecule has 0 saturated heterocycles. The van der Waals surface area contributed by atoms with Gasteiger partial charge < -0.3 is 14.8 Å². The summed E-state index contributed by atoms with van der Waals surface area (Å²) in [5.41, 5.74) is 0.958. The van der Waals surface area contributed by atoms with Gasteiger partial charge in [0.1, 0.15) is 5.75 Å². The molecule has 0 spiro atoms. The van der Waals surface area contributed by atoms with Gasteiger partial charge in [-0.25, -0.2) is 0 Å². The number of hydrogen-bond acceptors (Lipinski definition) is 5. The first-order chi connectivity index (χ1) is 9.28. The van der Waals surface area contributed by atoms with Crippen molar-refractivity contribution in [2.45, 2.75) is 26.2 Å². The molecule has 5 nitrogen and oxygen atoms in total. The number of nitrogens with one attached hydrogen (secondary N) is 1. The molecule has 0 bridgehead atoms. The number of benzene rings is 1. The molecule has 0 atom stereocenters. The van der Waals surface area contributed by atoms with Crippen LogP contribution in [-0.2, 0) is 12.8 Å². The summed E-state index contributed by atoms with van der Waals surface area (Å²) >= 11 is 0. The molecule has 19 heavy (non-hydrogen) atoms. The van der Waals surface area contributed by atoms with Crippen LogP contribution < -0.4 is 5.32 Å². The molecule has 0 amide bonds. The maximum Gasteiger partial charge on any atom is 0.220 e. The predicted octanol–water partition coefficient (Wildman–Crippen LogP) is 1.91. The van der Waals surface area contributed by atoms with Crippen LogP contribution in [0, 0.1) is 0 Å². The first kappa shape index (κ1) is 13.5. The lowest BCUT2D eigenvalue weighted by Gasteiger charge is -1.99. The molecule has 0 aliphatic carbocycles. The average molecular weight is 261 g/mol. The lowest BCUT2D eigenvalue weighted by molar-refractivity contribution is 0.450. The van der Waals surface area contributed by atoms with E-state index < -0.39 is 0 Å². The number of aromatic nitrogens is 2. The van der Waals surface area contributed by atoms with Gasteiger partial charge in [0.05, 0.1) is 6.42 Å². The van der Waals surface area contributed by atoms with Crippen molar-refractivity contribution >= 4 is 0 Å². The topological polar surface area (TPSA) is 71.2 Å². The molecule has 102 valence electrons. The van der Waals surface area contributed by atoms with E-state index in [2.05, 4.69) is 22.4 Å². The Morgan fingerprint density at radius 3 is 2.84 bits per heavy atom. The number of rotatable bonds is 7. The third-order valence-corrected chi connectivity index (χ3v) is 2.72. The molecule has 2 N–H and O–H groups in total. The molecule has 2 aromatic rings. The third kappa shape index (κ3) is 4.37. The maximum atomic E-state index is 9.39. The Hall–Kier alpha value is -1.88. The van der Waals surface area contributed by atoms with Gasteiger partial charge in [0.2, 0.25) is 11.8 Å². The van der Waals surface area contributed by atoms with Crippen LogP contribution >= 0.6 is 0 Å². The quantitative estimate of drug-likeness (QED) is 0.745. The van der Waals surface area contributed by atoms with Gasteiger partial charge in [-0.05, 0) is 30.7 Å². The van der Waals surface area contributed by atoms with Crippen LogP contribution in [-0.4, -0.2) is 28.4 Å². The van der Waals surface area contributed by atoms with Crippen molar-refractivity contribution in [1.29, 1.82) is 0 Å². The Morgan fingerprint density at radius 1 is 1.21 bits per heavy atom. The van der Waals surface area contributed by atoms with E-state index in [4.69, 9.17) is 4.42 Å². The Morgan fingerprint density at radius 2 is 2.05 bits per heavy atom. The Kier molecular flexibility index (Phi) is 4.92. The predicted molar refractivity (Wildman–Crippen MR) is 72.1 cm³/mol. The summed E-state index contributed by atoms with van der Waals surface area (Å²) in [5.74, 6) is 1.48. The molecule has 1 heterocycles. The molecule has 0 aliphatic heterocycles. The fourth-order valence-corrected chi connectivity index (χ4v) is 1.80. The molecule has 0 aliphatic rings. The van der Waals surface area contributed by atoms with Crippen LogP contribution in [0.5, 0.6) is 5.75 Å². The highest BCUT2D eigenvalue weighted by Crippen LogP contribution is 2.14. The molecule has 1 aromatic carbocycles. The summed E-state index contributed by atoms with van der Waals surface area (Å²) in [6.07, 6.45) is 2.41. The second kappa shape index (κ2) is 6.89. The summed E-state index contributed by atoms with van der Waals surface area (Å²) < 4.78 is 5.56. The molecule has 0 radical (unpaired) electrons. The summed E-state index contributed by atoms with van der Waals surface area (Å²) in [6.45, 7) is 3.99. The van der Waals surface area contributed by atoms with E-state index in [9.17, 15) is 5.11 Å². The van der Waals surface area contributed by atoms with Gasteiger partial charge in [0.15, 0.2) is 0 Å². The minimum Gasteiger partial charge on any atom is -0.508 e. The molecular weight excluding hydrogens is 242 g/mol. The van der Waals surface area contributed by atoms with Crippen molar-refractivity contribution in [2.24, 2.45) is 0 Å². The SMILES string of the molecule is CCCNCCc1nnc(Cc2cccc(O)c2)o1. The van der Waals surface area contributed by atoms with Crippen LogP contribution in [0.25, 0.3) is 0 Å². The fourth-order valence-electron chi connectivity index (χ4n) is 1.80. The first-order valence-electron chi connectivity index (χ1n) is 6.58. The van der Waals surface area contributed by atoms with Crippen molar-refractivity contribution in [1.82, 2.24) is 15.5 Å². The number of nitrogens with zero attached hydrogens (tertiary/aromatic N) is 2. The highest BCUT2D eigenvalue weighted by Gasteiger charge is 2.07. The normalized spacial score (nSPS) is 10.8. The minimum absolute atomic E-state index is 0.251. The lowest BCUT2D eigenvalue weighted by atomic mass is 10.1. The molecule has 5 heteroatoms. The minimum atomic E-state index is 0.251. The largest absolute Gasteiger partial charge is 0.508 e. The smallest absolute Gasteiger partial charge is 0.220 e. The molecule has 0 fully saturated rings. The van der Waals surface area contributed by atoms with Crippen LogP contribution in [0.2, 0.25) is 0 Å². The Bertz CT molecular complexity index is 511. The molecule has 0 saturated carbocycles. The van der Waals surface area contributed by atoms with Gasteiger partial charge in [-0.15, -0.1) is 10.2 Å². The third-order valence-electron chi connectivity index (χ3n) is 2.72. The second-order valence-corrected chi connectivity index (χ2v) is 4.44. The average Bonchev–Trinajstić information content (AvgIpc) is 2.82. The van der Waals surface area contributed by atoms with E-state index in [0.717, 1.165) is 31.5 Å². The van der Waals surface area contributed by atoms with E-state index >= 15 is 0 Å². The molecule has 1 aromatic heterocycles. The maximum absolute atomic E-state index is 9.39. The van der Waals surface area contributed by atoms with Gasteiger partial charge in [0.25, 0.3) is 0 Å². The zero-order valence-corrected chi connectivity index (χ0v) is 11.1. The second-order valence-electron chi connectivity index (χ2n) is 4.44. The van der Waals surface area contributed by atoms with Crippen molar-refractivity contribution in [3.8, 4) is 5.75 Å². The van der Waals surface area contributed by atoms with Crippen molar-refractivity contribution in [3.63, 3.8) is 0 Å². The number of phenols is 1. The van der Waals surface area contributed by atoms with Crippen molar-refractivity contribution < 1.29 is 9.52 Å². The van der Waals surface area contributed by atoms with E-state index in [1.165, 1.54) is 0 Å². The van der Waals surface area contributed by atoms with Gasteiger partial charge in [-0.1, -0.05) is 19.1 Å². The van der Waals surface area contributed by atoms with E-state index in [-0.39, 0.29) is 5.75 Å². The van der Waals surface area contributed by atoms with Crippen LogP contribution in [0.15, 0.2) is 28.7 Å². The monoisotopic (exact) mass is 261 g/mol. The first-order valence-corrected chi connectivity index (χ1v) is 6.58. The molecule has 2 rings (SSSR count). The number of aromatic hydroxyl groups is 1. The summed E-state index contributed by atoms with van der Waals surface area (Å²) in [6, 6.07) is 7.07. The zero-order valence-electron chi connectivity index (χ0n) is 11.1. The van der Waals surface area contributed by atoms with Crippen LogP contribution in [0.1, 0.15) is 30.7 Å². The fraction of sp³-hybridized carbons (Fsp3) is 0.429. The van der Waals surface area contributed by atoms with E-state index in [1.807, 2.05) is 6.07 Å². The van der Waals surface area contributed by atoms with E-state index in [1.54, 1.807) is 18.2 Å². The van der Waals surface area contributed by atoms with Gasteiger partial charge >= 0.3 is 0 Å². The lowest BCUT2D eigenvalue weighted by Crippen LogP contribution is -2.17. The summed E-state index contributed by atoms with van der Waals surface area (Å²) in [5, 5.41) is 20.7. The summed E-state index contributed by atoms with van der Waals surface area (Å²) in [7, 11) is 0.